The molecule has 2 aromatic heterocycles. The van der Waals surface area contributed by atoms with E-state index in [1.807, 2.05) is 41.1 Å². The summed E-state index contributed by atoms with van der Waals surface area (Å²) in [5.74, 6) is 2.02. The van der Waals surface area contributed by atoms with E-state index in [0.717, 1.165) is 38.0 Å². The van der Waals surface area contributed by atoms with Gasteiger partial charge in [0.2, 0.25) is 0 Å². The lowest BCUT2D eigenvalue weighted by atomic mass is 10.0. The Balaban J connectivity index is 1.41. The van der Waals surface area contributed by atoms with E-state index in [0.29, 0.717) is 48.2 Å². The Morgan fingerprint density at radius 1 is 1.00 bits per heavy atom. The number of likely N-dealkylation sites (N-methyl/N-ethyl adjacent to an activating group) is 1. The molecule has 0 amide bonds. The summed E-state index contributed by atoms with van der Waals surface area (Å²) in [6.45, 7) is 5.07. The van der Waals surface area contributed by atoms with Crippen LogP contribution < -0.4 is 15.0 Å². The third-order valence-electron chi connectivity index (χ3n) is 6.99. The maximum absolute atomic E-state index is 13.5. The van der Waals surface area contributed by atoms with Crippen LogP contribution in [0.4, 0.5) is 0 Å². The van der Waals surface area contributed by atoms with Crippen LogP contribution in [0.15, 0.2) is 53.3 Å². The first-order chi connectivity index (χ1) is 17.7. The van der Waals surface area contributed by atoms with E-state index in [4.69, 9.17) is 9.47 Å². The van der Waals surface area contributed by atoms with Crippen molar-refractivity contribution in [3.8, 4) is 11.5 Å². The largest absolute Gasteiger partial charge is 0.486 e. The standard InChI is InChI=1S/C26H29N7O3/c1-31-9-11-32(12-10-31)24(25-28-29-30-33(25)8-7-18-5-3-2-4-6-18)20-15-19-16-22-23(36-14-13-35-22)17-21(19)27-26(20)34/h2-6,15-17,24H,7-14H2,1H3,(H,27,34). The highest BCUT2D eigenvalue weighted by atomic mass is 16.6. The molecule has 2 aliphatic heterocycles. The molecule has 1 atom stereocenters. The van der Waals surface area contributed by atoms with E-state index < -0.39 is 0 Å². The first-order valence-corrected chi connectivity index (χ1v) is 12.3. The van der Waals surface area contributed by atoms with Crippen molar-refractivity contribution >= 4 is 10.9 Å². The minimum atomic E-state index is -0.370. The molecule has 4 heterocycles. The molecule has 4 aromatic rings. The number of pyridine rings is 1. The van der Waals surface area contributed by atoms with Gasteiger partial charge in [0, 0.05) is 49.7 Å². The lowest BCUT2D eigenvalue weighted by Gasteiger charge is -2.37. The maximum Gasteiger partial charge on any atom is 0.253 e. The van der Waals surface area contributed by atoms with Gasteiger partial charge in [0.15, 0.2) is 17.3 Å². The van der Waals surface area contributed by atoms with E-state index in [2.05, 4.69) is 49.5 Å². The summed E-state index contributed by atoms with van der Waals surface area (Å²) in [6, 6.07) is 15.6. The zero-order chi connectivity index (χ0) is 24.5. The zero-order valence-corrected chi connectivity index (χ0v) is 20.3. The Hall–Kier alpha value is -3.76. The number of hydrogen-bond donors (Lipinski definition) is 1. The summed E-state index contributed by atoms with van der Waals surface area (Å²) in [7, 11) is 2.12. The quantitative estimate of drug-likeness (QED) is 0.440. The van der Waals surface area contributed by atoms with Gasteiger partial charge in [-0.3, -0.25) is 9.69 Å². The molecule has 0 bridgehead atoms. The van der Waals surface area contributed by atoms with Crippen LogP contribution in [0.3, 0.4) is 0 Å². The minimum Gasteiger partial charge on any atom is -0.486 e. The minimum absolute atomic E-state index is 0.152. The lowest BCUT2D eigenvalue weighted by molar-refractivity contribution is 0.121. The van der Waals surface area contributed by atoms with E-state index in [9.17, 15) is 4.79 Å². The molecule has 0 aliphatic carbocycles. The van der Waals surface area contributed by atoms with Crippen LogP contribution in [0.25, 0.3) is 10.9 Å². The molecule has 1 saturated heterocycles. The predicted molar refractivity (Wildman–Crippen MR) is 134 cm³/mol. The van der Waals surface area contributed by atoms with Gasteiger partial charge in [0.25, 0.3) is 5.56 Å². The first-order valence-electron chi connectivity index (χ1n) is 12.3. The summed E-state index contributed by atoms with van der Waals surface area (Å²) < 4.78 is 13.3. The number of ether oxygens (including phenoxy) is 2. The number of nitrogens with one attached hydrogen (secondary N) is 1. The molecule has 0 radical (unpaired) electrons. The van der Waals surface area contributed by atoms with Crippen molar-refractivity contribution in [3.05, 3.63) is 75.8 Å². The van der Waals surface area contributed by atoms with Crippen molar-refractivity contribution in [2.75, 3.05) is 46.4 Å². The van der Waals surface area contributed by atoms with Crippen molar-refractivity contribution in [2.45, 2.75) is 19.0 Å². The monoisotopic (exact) mass is 487 g/mol. The van der Waals surface area contributed by atoms with E-state index in [1.165, 1.54) is 5.56 Å². The van der Waals surface area contributed by atoms with E-state index in [-0.39, 0.29) is 11.6 Å². The molecule has 1 N–H and O–H groups in total. The smallest absolute Gasteiger partial charge is 0.253 e. The molecular weight excluding hydrogens is 458 g/mol. The molecule has 6 rings (SSSR count). The number of nitrogens with zero attached hydrogens (tertiary/aromatic N) is 6. The Morgan fingerprint density at radius 2 is 1.75 bits per heavy atom. The number of rotatable bonds is 6. The van der Waals surface area contributed by atoms with Crippen LogP contribution in [0.5, 0.6) is 11.5 Å². The second-order valence-electron chi connectivity index (χ2n) is 9.37. The second kappa shape index (κ2) is 9.71. The summed E-state index contributed by atoms with van der Waals surface area (Å²) >= 11 is 0. The number of H-pyrrole nitrogens is 1. The lowest BCUT2D eigenvalue weighted by Crippen LogP contribution is -2.47. The number of aromatic nitrogens is 5. The molecule has 10 heteroatoms. The van der Waals surface area contributed by atoms with Crippen molar-refractivity contribution in [1.82, 2.24) is 35.0 Å². The van der Waals surface area contributed by atoms with E-state index in [1.54, 1.807) is 0 Å². The van der Waals surface area contributed by atoms with Crippen molar-refractivity contribution in [2.24, 2.45) is 0 Å². The van der Waals surface area contributed by atoms with Gasteiger partial charge in [-0.1, -0.05) is 30.3 Å². The molecule has 36 heavy (non-hydrogen) atoms. The Labute approximate surface area is 208 Å². The topological polar surface area (TPSA) is 101 Å². The Kier molecular flexibility index (Phi) is 6.12. The normalized spacial score (nSPS) is 17.4. The van der Waals surface area contributed by atoms with Gasteiger partial charge in [-0.05, 0) is 41.6 Å². The first kappa shape index (κ1) is 22.7. The molecule has 2 aliphatic rings. The van der Waals surface area contributed by atoms with Crippen LogP contribution in [0.2, 0.25) is 0 Å². The van der Waals surface area contributed by atoms with Gasteiger partial charge in [-0.2, -0.15) is 0 Å². The van der Waals surface area contributed by atoms with Crippen molar-refractivity contribution in [3.63, 3.8) is 0 Å². The van der Waals surface area contributed by atoms with Gasteiger partial charge in [0.1, 0.15) is 19.3 Å². The molecule has 1 unspecified atom stereocenters. The maximum atomic E-state index is 13.5. The van der Waals surface area contributed by atoms with Crippen LogP contribution >= 0.6 is 0 Å². The number of fused-ring (bicyclic) bond motifs is 2. The Morgan fingerprint density at radius 3 is 2.53 bits per heavy atom. The predicted octanol–water partition coefficient (Wildman–Crippen LogP) is 1.87. The highest BCUT2D eigenvalue weighted by Gasteiger charge is 2.32. The van der Waals surface area contributed by atoms with Gasteiger partial charge < -0.3 is 19.4 Å². The fraction of sp³-hybridized carbons (Fsp3) is 0.385. The molecule has 1 fully saturated rings. The number of tetrazole rings is 1. The third kappa shape index (κ3) is 4.45. The van der Waals surface area contributed by atoms with Crippen LogP contribution in [0.1, 0.15) is 23.0 Å². The average molecular weight is 488 g/mol. The molecule has 0 spiro atoms. The number of aromatic amines is 1. The second-order valence-corrected chi connectivity index (χ2v) is 9.37. The number of benzene rings is 2. The van der Waals surface area contributed by atoms with Gasteiger partial charge >= 0.3 is 0 Å². The van der Waals surface area contributed by atoms with Gasteiger partial charge in [-0.15, -0.1) is 5.10 Å². The van der Waals surface area contributed by atoms with Gasteiger partial charge in [0.05, 0.1) is 5.52 Å². The summed E-state index contributed by atoms with van der Waals surface area (Å²) in [6.07, 6.45) is 0.798. The number of aryl methyl sites for hydroxylation is 2. The summed E-state index contributed by atoms with van der Waals surface area (Å²) in [5.41, 5.74) is 2.40. The average Bonchev–Trinajstić information content (AvgIpc) is 3.36. The van der Waals surface area contributed by atoms with Gasteiger partial charge in [-0.25, -0.2) is 4.68 Å². The molecular formula is C26H29N7O3. The molecule has 2 aromatic carbocycles. The molecule has 186 valence electrons. The fourth-order valence-electron chi connectivity index (χ4n) is 4.99. The van der Waals surface area contributed by atoms with Crippen LogP contribution in [-0.4, -0.2) is 81.4 Å². The Bertz CT molecular complexity index is 1410. The molecule has 10 nitrogen and oxygen atoms in total. The highest BCUT2D eigenvalue weighted by Crippen LogP contribution is 2.35. The van der Waals surface area contributed by atoms with Crippen molar-refractivity contribution < 1.29 is 9.47 Å². The molecule has 0 saturated carbocycles. The van der Waals surface area contributed by atoms with Crippen LogP contribution in [0, 0.1) is 0 Å². The fourth-order valence-corrected chi connectivity index (χ4v) is 4.99. The third-order valence-corrected chi connectivity index (χ3v) is 6.99. The SMILES string of the molecule is CN1CCN(C(c2cc3cc4c(cc3[nH]c2=O)OCCO4)c2nnnn2CCc2ccccc2)CC1. The van der Waals surface area contributed by atoms with E-state index >= 15 is 0 Å². The van der Waals surface area contributed by atoms with Crippen molar-refractivity contribution in [1.29, 1.82) is 0 Å². The summed E-state index contributed by atoms with van der Waals surface area (Å²) in [5, 5.41) is 13.6. The number of piperazine rings is 1. The van der Waals surface area contributed by atoms with Crippen LogP contribution in [-0.2, 0) is 13.0 Å². The zero-order valence-electron chi connectivity index (χ0n) is 20.3. The summed E-state index contributed by atoms with van der Waals surface area (Å²) in [4.78, 5) is 21.2. The number of hydrogen-bond acceptors (Lipinski definition) is 8. The highest BCUT2D eigenvalue weighted by molar-refractivity contribution is 5.83.